The lowest BCUT2D eigenvalue weighted by molar-refractivity contribution is -0.114. The monoisotopic (exact) mass is 371 g/mol. The van der Waals surface area contributed by atoms with E-state index in [2.05, 4.69) is 5.32 Å². The molecule has 0 heterocycles. The summed E-state index contributed by atoms with van der Waals surface area (Å²) in [5.41, 5.74) is 0.279. The van der Waals surface area contributed by atoms with Gasteiger partial charge in [-0.05, 0) is 24.3 Å². The number of para-hydroxylation sites is 2. The SMILES string of the molecule is COc1ccc(S(=O)(=O)Oc2ccccc2NC(C)=O)c2ccccc12. The minimum absolute atomic E-state index is 0.0199. The van der Waals surface area contributed by atoms with Crippen molar-refractivity contribution in [3.8, 4) is 11.5 Å². The van der Waals surface area contributed by atoms with Crippen LogP contribution in [0.15, 0.2) is 65.6 Å². The first-order chi connectivity index (χ1) is 12.4. The predicted molar refractivity (Wildman–Crippen MR) is 99.1 cm³/mol. The molecule has 134 valence electrons. The molecule has 3 aromatic carbocycles. The summed E-state index contributed by atoms with van der Waals surface area (Å²) >= 11 is 0. The fourth-order valence-electron chi connectivity index (χ4n) is 2.64. The zero-order valence-electron chi connectivity index (χ0n) is 14.2. The Hall–Kier alpha value is -3.06. The van der Waals surface area contributed by atoms with Crippen LogP contribution in [0.1, 0.15) is 6.92 Å². The minimum Gasteiger partial charge on any atom is -0.496 e. The molecule has 26 heavy (non-hydrogen) atoms. The Kier molecular flexibility index (Phi) is 4.81. The van der Waals surface area contributed by atoms with E-state index in [1.807, 2.05) is 0 Å². The predicted octanol–water partition coefficient (Wildman–Crippen LogP) is 3.57. The summed E-state index contributed by atoms with van der Waals surface area (Å²) in [6.07, 6.45) is 0. The molecule has 3 aromatic rings. The summed E-state index contributed by atoms with van der Waals surface area (Å²) in [4.78, 5) is 11.3. The van der Waals surface area contributed by atoms with Gasteiger partial charge in [-0.15, -0.1) is 0 Å². The van der Waals surface area contributed by atoms with E-state index in [0.717, 1.165) is 0 Å². The van der Waals surface area contributed by atoms with Gasteiger partial charge in [-0.3, -0.25) is 4.79 Å². The number of ether oxygens (including phenoxy) is 1. The molecule has 6 nitrogen and oxygen atoms in total. The van der Waals surface area contributed by atoms with E-state index in [1.54, 1.807) is 48.5 Å². The number of fused-ring (bicyclic) bond motifs is 1. The Labute approximate surface area is 151 Å². The molecule has 0 bridgehead atoms. The van der Waals surface area contributed by atoms with Crippen molar-refractivity contribution in [1.82, 2.24) is 0 Å². The van der Waals surface area contributed by atoms with E-state index >= 15 is 0 Å². The van der Waals surface area contributed by atoms with Gasteiger partial charge in [0.15, 0.2) is 5.75 Å². The molecule has 0 fully saturated rings. The van der Waals surface area contributed by atoms with Crippen LogP contribution in [-0.4, -0.2) is 21.4 Å². The van der Waals surface area contributed by atoms with Gasteiger partial charge in [-0.25, -0.2) is 0 Å². The van der Waals surface area contributed by atoms with E-state index in [9.17, 15) is 13.2 Å². The quantitative estimate of drug-likeness (QED) is 0.694. The largest absolute Gasteiger partial charge is 0.496 e. The number of nitrogens with one attached hydrogen (secondary N) is 1. The molecule has 0 atom stereocenters. The van der Waals surface area contributed by atoms with Gasteiger partial charge in [0, 0.05) is 17.7 Å². The normalized spacial score (nSPS) is 11.2. The van der Waals surface area contributed by atoms with Crippen molar-refractivity contribution < 1.29 is 22.1 Å². The van der Waals surface area contributed by atoms with Gasteiger partial charge in [0.1, 0.15) is 10.6 Å². The summed E-state index contributed by atoms with van der Waals surface area (Å²) in [6.45, 7) is 1.34. The van der Waals surface area contributed by atoms with E-state index in [1.165, 1.54) is 26.2 Å². The van der Waals surface area contributed by atoms with Gasteiger partial charge < -0.3 is 14.2 Å². The van der Waals surface area contributed by atoms with Crippen molar-refractivity contribution in [1.29, 1.82) is 0 Å². The van der Waals surface area contributed by atoms with E-state index < -0.39 is 10.1 Å². The lowest BCUT2D eigenvalue weighted by atomic mass is 10.1. The number of rotatable bonds is 5. The van der Waals surface area contributed by atoms with E-state index in [-0.39, 0.29) is 22.2 Å². The average Bonchev–Trinajstić information content (AvgIpc) is 2.61. The zero-order chi connectivity index (χ0) is 18.7. The second-order valence-corrected chi connectivity index (χ2v) is 7.04. The molecule has 0 aliphatic heterocycles. The molecular formula is C19H17NO5S. The smallest absolute Gasteiger partial charge is 0.339 e. The van der Waals surface area contributed by atoms with Gasteiger partial charge in [0.2, 0.25) is 5.91 Å². The van der Waals surface area contributed by atoms with Crippen molar-refractivity contribution in [3.63, 3.8) is 0 Å². The van der Waals surface area contributed by atoms with Crippen LogP contribution in [0.3, 0.4) is 0 Å². The van der Waals surface area contributed by atoms with Gasteiger partial charge >= 0.3 is 10.1 Å². The number of carbonyl (C=O) groups excluding carboxylic acids is 1. The number of hydrogen-bond acceptors (Lipinski definition) is 5. The highest BCUT2D eigenvalue weighted by atomic mass is 32.2. The van der Waals surface area contributed by atoms with E-state index in [4.69, 9.17) is 8.92 Å². The third-order valence-electron chi connectivity index (χ3n) is 3.73. The number of methoxy groups -OCH3 is 1. The summed E-state index contributed by atoms with van der Waals surface area (Å²) < 4.78 is 36.4. The molecule has 0 unspecified atom stereocenters. The van der Waals surface area contributed by atoms with Crippen molar-refractivity contribution in [3.05, 3.63) is 60.7 Å². The lowest BCUT2D eigenvalue weighted by Crippen LogP contribution is -2.13. The Bertz CT molecular complexity index is 1080. The van der Waals surface area contributed by atoms with Gasteiger partial charge in [0.25, 0.3) is 0 Å². The Balaban J connectivity index is 2.08. The third-order valence-corrected chi connectivity index (χ3v) is 5.02. The maximum atomic E-state index is 12.9. The first-order valence-electron chi connectivity index (χ1n) is 7.79. The maximum absolute atomic E-state index is 12.9. The van der Waals surface area contributed by atoms with Crippen LogP contribution in [0.4, 0.5) is 5.69 Å². The third kappa shape index (κ3) is 3.48. The highest BCUT2D eigenvalue weighted by molar-refractivity contribution is 7.87. The summed E-state index contributed by atoms with van der Waals surface area (Å²) in [7, 11) is -2.61. The number of anilines is 1. The standard InChI is InChI=1S/C19H17NO5S/c1-13(21)20-16-9-5-6-10-18(16)25-26(22,23)19-12-11-17(24-2)14-7-3-4-8-15(14)19/h3-12H,1-2H3,(H,20,21). The lowest BCUT2D eigenvalue weighted by Gasteiger charge is -2.14. The second kappa shape index (κ2) is 7.05. The molecule has 3 rings (SSSR count). The van der Waals surface area contributed by atoms with Crippen LogP contribution >= 0.6 is 0 Å². The topological polar surface area (TPSA) is 81.7 Å². The van der Waals surface area contributed by atoms with E-state index in [0.29, 0.717) is 16.5 Å². The Morgan fingerprint density at radius 1 is 0.885 bits per heavy atom. The molecule has 0 aliphatic rings. The Morgan fingerprint density at radius 3 is 2.23 bits per heavy atom. The Morgan fingerprint density at radius 2 is 1.54 bits per heavy atom. The molecule has 0 aliphatic carbocycles. The summed E-state index contributed by atoms with van der Waals surface area (Å²) in [5.74, 6) is 0.286. The van der Waals surface area contributed by atoms with Crippen LogP contribution in [-0.2, 0) is 14.9 Å². The molecule has 0 radical (unpaired) electrons. The molecule has 1 N–H and O–H groups in total. The fraction of sp³-hybridized carbons (Fsp3) is 0.105. The van der Waals surface area contributed by atoms with Crippen LogP contribution in [0.2, 0.25) is 0 Å². The molecule has 0 aromatic heterocycles. The highest BCUT2D eigenvalue weighted by Gasteiger charge is 2.22. The number of hydrogen-bond donors (Lipinski definition) is 1. The first-order valence-corrected chi connectivity index (χ1v) is 9.20. The van der Waals surface area contributed by atoms with Crippen molar-refractivity contribution in [2.75, 3.05) is 12.4 Å². The van der Waals surface area contributed by atoms with Gasteiger partial charge in [-0.1, -0.05) is 36.4 Å². The van der Waals surface area contributed by atoms with Gasteiger partial charge in [0.05, 0.1) is 12.8 Å². The first kappa shape index (κ1) is 17.8. The van der Waals surface area contributed by atoms with Crippen molar-refractivity contribution in [2.24, 2.45) is 0 Å². The molecular weight excluding hydrogens is 354 g/mol. The second-order valence-electron chi connectivity index (χ2n) is 5.53. The summed E-state index contributed by atoms with van der Waals surface area (Å²) in [5, 5.41) is 3.71. The molecule has 0 saturated heterocycles. The molecule has 1 amide bonds. The summed E-state index contributed by atoms with van der Waals surface area (Å²) in [6, 6.07) is 16.4. The average molecular weight is 371 g/mol. The highest BCUT2D eigenvalue weighted by Crippen LogP contribution is 2.33. The zero-order valence-corrected chi connectivity index (χ0v) is 15.0. The molecule has 0 saturated carbocycles. The van der Waals surface area contributed by atoms with Crippen LogP contribution in [0, 0.1) is 0 Å². The fourth-order valence-corrected chi connectivity index (χ4v) is 3.79. The van der Waals surface area contributed by atoms with Crippen LogP contribution in [0.5, 0.6) is 11.5 Å². The maximum Gasteiger partial charge on any atom is 0.339 e. The van der Waals surface area contributed by atoms with Crippen molar-refractivity contribution >= 4 is 32.5 Å². The number of carbonyl (C=O) groups is 1. The molecule has 0 spiro atoms. The van der Waals surface area contributed by atoms with Crippen molar-refractivity contribution in [2.45, 2.75) is 11.8 Å². The van der Waals surface area contributed by atoms with Gasteiger partial charge in [-0.2, -0.15) is 8.42 Å². The molecule has 7 heteroatoms. The van der Waals surface area contributed by atoms with Crippen LogP contribution in [0.25, 0.3) is 10.8 Å². The number of amides is 1. The number of benzene rings is 3. The van der Waals surface area contributed by atoms with Crippen LogP contribution < -0.4 is 14.2 Å². The minimum atomic E-state index is -4.13.